The second-order valence-corrected chi connectivity index (χ2v) is 16.5. The summed E-state index contributed by atoms with van der Waals surface area (Å²) in [4.78, 5) is 53.5. The smallest absolute Gasteiger partial charge is 0.407 e. The number of urea groups is 1. The molecular formula is C38H62N4O8. The average molecular weight is 703 g/mol. The van der Waals surface area contributed by atoms with Gasteiger partial charge in [-0.1, -0.05) is 32.4 Å². The Morgan fingerprint density at radius 2 is 1.56 bits per heavy atom. The van der Waals surface area contributed by atoms with Crippen molar-refractivity contribution in [1.29, 1.82) is 0 Å². The highest BCUT2D eigenvalue weighted by Crippen LogP contribution is 2.36. The summed E-state index contributed by atoms with van der Waals surface area (Å²) in [5.41, 5.74) is -1.90. The summed E-state index contributed by atoms with van der Waals surface area (Å²) >= 11 is 0. The molecule has 4 N–H and O–H groups in total. The molecular weight excluding hydrogens is 640 g/mol. The molecule has 5 atom stereocenters. The summed E-state index contributed by atoms with van der Waals surface area (Å²) in [7, 11) is 0. The fourth-order valence-corrected chi connectivity index (χ4v) is 6.25. The zero-order valence-corrected chi connectivity index (χ0v) is 31.7. The summed E-state index contributed by atoms with van der Waals surface area (Å²) < 4.78 is 22.9. The number of benzene rings is 1. The molecule has 4 rings (SSSR count). The molecule has 3 aliphatic rings. The van der Waals surface area contributed by atoms with E-state index in [0.29, 0.717) is 32.8 Å². The SMILES string of the molecule is CC(C)[C@H]1COCCCCOc2ccc(cc2)C[C@@H](NC(=O)NC(C)(C[C@@H]2CCC(CNC(=O)OC(C)(C)C)C2)C(=O)OC(C)(C)C)C(=O)N1. The summed E-state index contributed by atoms with van der Waals surface area (Å²) in [6, 6.07) is 5.67. The van der Waals surface area contributed by atoms with Crippen molar-refractivity contribution in [2.75, 3.05) is 26.4 Å². The van der Waals surface area contributed by atoms with Crippen molar-refractivity contribution in [3.8, 4) is 5.75 Å². The van der Waals surface area contributed by atoms with Crippen LogP contribution in [0.25, 0.3) is 0 Å². The van der Waals surface area contributed by atoms with Gasteiger partial charge in [-0.05, 0) is 116 Å². The van der Waals surface area contributed by atoms with Crippen LogP contribution >= 0.6 is 0 Å². The second kappa shape index (κ2) is 18.1. The molecule has 2 aliphatic heterocycles. The first-order valence-corrected chi connectivity index (χ1v) is 18.2. The van der Waals surface area contributed by atoms with E-state index in [1.165, 1.54) is 0 Å². The zero-order valence-electron chi connectivity index (χ0n) is 31.7. The molecule has 0 saturated heterocycles. The van der Waals surface area contributed by atoms with Gasteiger partial charge in [0.2, 0.25) is 5.91 Å². The largest absolute Gasteiger partial charge is 0.494 e. The van der Waals surface area contributed by atoms with E-state index in [1.807, 2.05) is 58.9 Å². The lowest BCUT2D eigenvalue weighted by atomic mass is 9.87. The van der Waals surface area contributed by atoms with Gasteiger partial charge in [0.25, 0.3) is 0 Å². The van der Waals surface area contributed by atoms with E-state index in [1.54, 1.807) is 27.7 Å². The minimum absolute atomic E-state index is 0.0942. The van der Waals surface area contributed by atoms with E-state index >= 15 is 0 Å². The van der Waals surface area contributed by atoms with Gasteiger partial charge in [0.1, 0.15) is 28.5 Å². The summed E-state index contributed by atoms with van der Waals surface area (Å²) in [5.74, 6) is 0.240. The quantitative estimate of drug-likeness (QED) is 0.253. The number of carbonyl (C=O) groups is 4. The highest BCUT2D eigenvalue weighted by atomic mass is 16.6. The Kier molecular flexibility index (Phi) is 14.8. The molecule has 1 aliphatic carbocycles. The molecule has 2 unspecified atom stereocenters. The van der Waals surface area contributed by atoms with Crippen LogP contribution in [-0.4, -0.2) is 79.2 Å². The van der Waals surface area contributed by atoms with Crippen molar-refractivity contribution >= 4 is 24.0 Å². The highest BCUT2D eigenvalue weighted by molar-refractivity contribution is 5.91. The Labute approximate surface area is 298 Å². The lowest BCUT2D eigenvalue weighted by molar-refractivity contribution is -0.162. The van der Waals surface area contributed by atoms with Crippen molar-refractivity contribution in [3.63, 3.8) is 0 Å². The van der Waals surface area contributed by atoms with E-state index in [9.17, 15) is 19.2 Å². The number of hydrogen-bond donors (Lipinski definition) is 4. The molecule has 1 aromatic carbocycles. The average Bonchev–Trinajstić information content (AvgIpc) is 3.43. The minimum atomic E-state index is -1.38. The third-order valence-electron chi connectivity index (χ3n) is 8.89. The maximum absolute atomic E-state index is 13.8. The van der Waals surface area contributed by atoms with Crippen molar-refractivity contribution in [2.24, 2.45) is 17.8 Å². The number of esters is 1. The standard InChI is InChI=1S/C38H62N4O8/c1-25(2)31-24-47-18-10-11-19-48-29-16-14-26(15-17-29)21-30(32(43)40-31)41-34(45)42-38(9,33(44)49-36(3,4)5)22-27-12-13-28(20-27)23-39-35(46)50-37(6,7)8/h14-17,25,27-28,30-31H,10-13,18-24H2,1-9H3,(H,39,46)(H,40,43)(H2,41,42,45)/t27-,28?,30-,31-,38?/m1/s1. The first kappa shape index (κ1) is 40.9. The van der Waals surface area contributed by atoms with Gasteiger partial charge >= 0.3 is 18.1 Å². The molecule has 12 heteroatoms. The molecule has 0 spiro atoms. The summed E-state index contributed by atoms with van der Waals surface area (Å²) in [5, 5.41) is 11.7. The Hall–Kier alpha value is -3.54. The lowest BCUT2D eigenvalue weighted by Crippen LogP contribution is -2.61. The van der Waals surface area contributed by atoms with Crippen LogP contribution in [-0.2, 0) is 30.2 Å². The molecule has 1 fully saturated rings. The fraction of sp³-hybridized carbons (Fsp3) is 0.737. The molecule has 2 bridgehead atoms. The predicted octanol–water partition coefficient (Wildman–Crippen LogP) is 5.66. The number of amides is 4. The first-order chi connectivity index (χ1) is 23.3. The van der Waals surface area contributed by atoms with Crippen LogP contribution in [0, 0.1) is 17.8 Å². The zero-order chi connectivity index (χ0) is 37.1. The number of rotatable bonds is 8. The summed E-state index contributed by atoms with van der Waals surface area (Å²) in [6.45, 7) is 18.5. The van der Waals surface area contributed by atoms with Crippen LogP contribution in [0.1, 0.15) is 106 Å². The lowest BCUT2D eigenvalue weighted by Gasteiger charge is -2.34. The first-order valence-electron chi connectivity index (χ1n) is 18.2. The topological polar surface area (TPSA) is 153 Å². The molecule has 12 nitrogen and oxygen atoms in total. The summed E-state index contributed by atoms with van der Waals surface area (Å²) in [6.07, 6.45) is 4.25. The van der Waals surface area contributed by atoms with Crippen LogP contribution < -0.4 is 26.0 Å². The molecule has 4 amide bonds. The maximum atomic E-state index is 13.8. The van der Waals surface area contributed by atoms with Gasteiger partial charge in [0, 0.05) is 19.6 Å². The highest BCUT2D eigenvalue weighted by Gasteiger charge is 2.43. The molecule has 282 valence electrons. The van der Waals surface area contributed by atoms with E-state index in [2.05, 4.69) is 21.3 Å². The molecule has 50 heavy (non-hydrogen) atoms. The van der Waals surface area contributed by atoms with Crippen LogP contribution in [0.3, 0.4) is 0 Å². The Bertz CT molecular complexity index is 1270. The maximum Gasteiger partial charge on any atom is 0.407 e. The normalized spacial score (nSPS) is 23.6. The van der Waals surface area contributed by atoms with Gasteiger partial charge < -0.3 is 40.2 Å². The van der Waals surface area contributed by atoms with Crippen molar-refractivity contribution < 1.29 is 38.1 Å². The fourth-order valence-electron chi connectivity index (χ4n) is 6.25. The van der Waals surface area contributed by atoms with Crippen molar-refractivity contribution in [1.82, 2.24) is 21.3 Å². The number of nitrogens with one attached hydrogen (secondary N) is 4. The van der Waals surface area contributed by atoms with Crippen LogP contribution in [0.4, 0.5) is 9.59 Å². The van der Waals surface area contributed by atoms with Crippen molar-refractivity contribution in [2.45, 2.75) is 136 Å². The number of ether oxygens (including phenoxy) is 4. The van der Waals surface area contributed by atoms with Crippen LogP contribution in [0.5, 0.6) is 5.75 Å². The van der Waals surface area contributed by atoms with Gasteiger partial charge in [0.05, 0.1) is 19.3 Å². The van der Waals surface area contributed by atoms with Gasteiger partial charge in [-0.25, -0.2) is 14.4 Å². The monoisotopic (exact) mass is 702 g/mol. The van der Waals surface area contributed by atoms with Gasteiger partial charge in [-0.2, -0.15) is 0 Å². The molecule has 1 aromatic rings. The Morgan fingerprint density at radius 3 is 2.20 bits per heavy atom. The molecule has 0 aromatic heterocycles. The predicted molar refractivity (Wildman–Crippen MR) is 192 cm³/mol. The molecule has 0 radical (unpaired) electrons. The Balaban J connectivity index is 1.76. The molecule has 2 heterocycles. The van der Waals surface area contributed by atoms with Gasteiger partial charge in [-0.3, -0.25) is 4.79 Å². The second-order valence-electron chi connectivity index (χ2n) is 16.5. The van der Waals surface area contributed by atoms with Gasteiger partial charge in [0.15, 0.2) is 0 Å². The van der Waals surface area contributed by atoms with Crippen LogP contribution in [0.2, 0.25) is 0 Å². The molecule has 1 saturated carbocycles. The number of alkyl carbamates (subject to hydrolysis) is 1. The van der Waals surface area contributed by atoms with E-state index in [-0.39, 0.29) is 36.1 Å². The minimum Gasteiger partial charge on any atom is -0.494 e. The van der Waals surface area contributed by atoms with Gasteiger partial charge in [-0.15, -0.1) is 0 Å². The van der Waals surface area contributed by atoms with Crippen molar-refractivity contribution in [3.05, 3.63) is 29.8 Å². The third-order valence-corrected chi connectivity index (χ3v) is 8.89. The number of fused-ring (bicyclic) bond motifs is 13. The van der Waals surface area contributed by atoms with E-state index in [0.717, 1.165) is 43.4 Å². The number of carbonyl (C=O) groups excluding carboxylic acids is 4. The Morgan fingerprint density at radius 1 is 0.920 bits per heavy atom. The van der Waals surface area contributed by atoms with E-state index in [4.69, 9.17) is 18.9 Å². The van der Waals surface area contributed by atoms with E-state index < -0.39 is 40.9 Å². The number of hydrogen-bond acceptors (Lipinski definition) is 8. The van der Waals surface area contributed by atoms with Crippen LogP contribution in [0.15, 0.2) is 24.3 Å². The third kappa shape index (κ3) is 14.4.